The molecule has 1 N–H and O–H groups in total. The van der Waals surface area contributed by atoms with E-state index in [-0.39, 0.29) is 35.2 Å². The standard InChI is InChI=1S/C26H33N3O5S/c1-3-5-17-27-25(31)22(4-2)28(18-15-20-11-7-6-8-12-20)24(30)16-19-29-26(32)21-13-9-10-14-23(21)35(29,33)34/h6-14,22H,3-5,15-19H2,1-2H3,(H,27,31)/t22-/m0/s1. The Labute approximate surface area is 207 Å². The molecule has 0 aliphatic carbocycles. The highest BCUT2D eigenvalue weighted by Crippen LogP contribution is 2.30. The Morgan fingerprint density at radius 3 is 2.37 bits per heavy atom. The molecule has 1 atom stereocenters. The van der Waals surface area contributed by atoms with Gasteiger partial charge in [0.2, 0.25) is 11.8 Å². The van der Waals surface area contributed by atoms with Gasteiger partial charge >= 0.3 is 0 Å². The summed E-state index contributed by atoms with van der Waals surface area (Å²) in [7, 11) is -4.00. The summed E-state index contributed by atoms with van der Waals surface area (Å²) in [5.74, 6) is -1.22. The van der Waals surface area contributed by atoms with Gasteiger partial charge in [-0.05, 0) is 37.0 Å². The zero-order valence-corrected chi connectivity index (χ0v) is 21.1. The van der Waals surface area contributed by atoms with Crippen molar-refractivity contribution in [2.24, 2.45) is 0 Å². The van der Waals surface area contributed by atoms with Crippen molar-refractivity contribution in [3.05, 3.63) is 65.7 Å². The predicted octanol–water partition coefficient (Wildman–Crippen LogP) is 2.99. The van der Waals surface area contributed by atoms with Gasteiger partial charge in [0, 0.05) is 26.1 Å². The molecule has 1 aliphatic rings. The predicted molar refractivity (Wildman–Crippen MR) is 133 cm³/mol. The second kappa shape index (κ2) is 12.0. The minimum atomic E-state index is -4.00. The molecule has 0 saturated carbocycles. The van der Waals surface area contributed by atoms with E-state index in [0.29, 0.717) is 25.9 Å². The monoisotopic (exact) mass is 499 g/mol. The molecule has 188 valence electrons. The molecule has 35 heavy (non-hydrogen) atoms. The third-order valence-corrected chi connectivity index (χ3v) is 7.98. The number of nitrogens with zero attached hydrogens (tertiary/aromatic N) is 2. The van der Waals surface area contributed by atoms with Gasteiger partial charge in [0.15, 0.2) is 0 Å². The largest absolute Gasteiger partial charge is 0.354 e. The lowest BCUT2D eigenvalue weighted by Crippen LogP contribution is -2.51. The van der Waals surface area contributed by atoms with Gasteiger partial charge in [0.25, 0.3) is 15.9 Å². The maximum atomic E-state index is 13.4. The van der Waals surface area contributed by atoms with Crippen LogP contribution in [0.1, 0.15) is 55.5 Å². The lowest BCUT2D eigenvalue weighted by atomic mass is 10.1. The van der Waals surface area contributed by atoms with Gasteiger partial charge in [0.1, 0.15) is 10.9 Å². The quantitative estimate of drug-likeness (QED) is 0.452. The summed E-state index contributed by atoms with van der Waals surface area (Å²) >= 11 is 0. The molecular weight excluding hydrogens is 466 g/mol. The van der Waals surface area contributed by atoms with E-state index in [4.69, 9.17) is 0 Å². The van der Waals surface area contributed by atoms with E-state index in [1.165, 1.54) is 17.0 Å². The maximum absolute atomic E-state index is 13.4. The van der Waals surface area contributed by atoms with Crippen molar-refractivity contribution in [1.29, 1.82) is 0 Å². The van der Waals surface area contributed by atoms with Gasteiger partial charge in [-0.1, -0.05) is 62.7 Å². The van der Waals surface area contributed by atoms with Crippen molar-refractivity contribution in [3.63, 3.8) is 0 Å². The lowest BCUT2D eigenvalue weighted by Gasteiger charge is -2.31. The van der Waals surface area contributed by atoms with Crippen LogP contribution in [0.2, 0.25) is 0 Å². The van der Waals surface area contributed by atoms with Gasteiger partial charge in [-0.15, -0.1) is 0 Å². The van der Waals surface area contributed by atoms with Crippen molar-refractivity contribution in [2.75, 3.05) is 19.6 Å². The molecule has 0 spiro atoms. The average Bonchev–Trinajstić information content (AvgIpc) is 3.05. The Hall–Kier alpha value is -3.20. The maximum Gasteiger partial charge on any atom is 0.269 e. The number of carbonyl (C=O) groups excluding carboxylic acids is 3. The number of unbranched alkanes of at least 4 members (excludes halogenated alkanes) is 1. The Morgan fingerprint density at radius 2 is 1.71 bits per heavy atom. The Bertz CT molecular complexity index is 1150. The van der Waals surface area contributed by atoms with E-state index in [1.54, 1.807) is 12.1 Å². The van der Waals surface area contributed by atoms with E-state index < -0.39 is 22.0 Å². The van der Waals surface area contributed by atoms with Crippen LogP contribution in [-0.4, -0.2) is 61.0 Å². The molecule has 0 saturated heterocycles. The number of rotatable bonds is 12. The molecule has 0 aromatic heterocycles. The summed E-state index contributed by atoms with van der Waals surface area (Å²) in [6.45, 7) is 4.45. The Balaban J connectivity index is 1.75. The molecule has 0 radical (unpaired) electrons. The highest BCUT2D eigenvalue weighted by molar-refractivity contribution is 7.90. The normalized spacial score (nSPS) is 14.9. The highest BCUT2D eigenvalue weighted by Gasteiger charge is 2.41. The van der Waals surface area contributed by atoms with Crippen LogP contribution in [0.3, 0.4) is 0 Å². The van der Waals surface area contributed by atoms with Gasteiger partial charge in [-0.25, -0.2) is 12.7 Å². The van der Waals surface area contributed by atoms with E-state index in [0.717, 1.165) is 22.7 Å². The molecule has 9 heteroatoms. The summed E-state index contributed by atoms with van der Waals surface area (Å²) in [4.78, 5) is 40.5. The molecule has 1 aliphatic heterocycles. The van der Waals surface area contributed by atoms with Gasteiger partial charge in [0.05, 0.1) is 5.56 Å². The molecule has 8 nitrogen and oxygen atoms in total. The fourth-order valence-corrected chi connectivity index (χ4v) is 5.76. The lowest BCUT2D eigenvalue weighted by molar-refractivity contribution is -0.140. The number of sulfonamides is 1. The van der Waals surface area contributed by atoms with E-state index in [9.17, 15) is 22.8 Å². The fraction of sp³-hybridized carbons (Fsp3) is 0.423. The minimum Gasteiger partial charge on any atom is -0.354 e. The molecule has 2 aromatic carbocycles. The molecule has 3 rings (SSSR count). The van der Waals surface area contributed by atoms with Crippen molar-refractivity contribution < 1.29 is 22.8 Å². The highest BCUT2D eigenvalue weighted by atomic mass is 32.2. The SMILES string of the molecule is CCCCNC(=O)[C@H](CC)N(CCc1ccccc1)C(=O)CCN1C(=O)c2ccccc2S1(=O)=O. The smallest absolute Gasteiger partial charge is 0.269 e. The molecule has 0 unspecified atom stereocenters. The number of carbonyl (C=O) groups is 3. The van der Waals surface area contributed by atoms with Crippen LogP contribution in [0, 0.1) is 0 Å². The first-order valence-corrected chi connectivity index (χ1v) is 13.5. The Morgan fingerprint density at radius 1 is 1.03 bits per heavy atom. The fourth-order valence-electron chi connectivity index (χ4n) is 4.20. The third kappa shape index (κ3) is 6.08. The minimum absolute atomic E-state index is 0.0416. The van der Waals surface area contributed by atoms with Crippen LogP contribution in [0.5, 0.6) is 0 Å². The number of hydrogen-bond donors (Lipinski definition) is 1. The van der Waals surface area contributed by atoms with E-state index >= 15 is 0 Å². The van der Waals surface area contributed by atoms with Crippen LogP contribution < -0.4 is 5.32 Å². The van der Waals surface area contributed by atoms with Crippen LogP contribution in [0.25, 0.3) is 0 Å². The van der Waals surface area contributed by atoms with Gasteiger partial charge < -0.3 is 10.2 Å². The molecular formula is C26H33N3O5S. The van der Waals surface area contributed by atoms with Crippen molar-refractivity contribution >= 4 is 27.7 Å². The number of fused-ring (bicyclic) bond motifs is 1. The molecule has 2 aromatic rings. The van der Waals surface area contributed by atoms with E-state index in [1.807, 2.05) is 44.2 Å². The topological polar surface area (TPSA) is 104 Å². The average molecular weight is 500 g/mol. The van der Waals surface area contributed by atoms with Gasteiger partial charge in [-0.3, -0.25) is 14.4 Å². The summed E-state index contributed by atoms with van der Waals surface area (Å²) in [6, 6.07) is 15.0. The molecule has 0 bridgehead atoms. The number of amides is 3. The third-order valence-electron chi connectivity index (χ3n) is 6.14. The van der Waals surface area contributed by atoms with Crippen molar-refractivity contribution in [2.45, 2.75) is 56.9 Å². The number of benzene rings is 2. The summed E-state index contributed by atoms with van der Waals surface area (Å²) in [5.41, 5.74) is 1.14. The summed E-state index contributed by atoms with van der Waals surface area (Å²) in [5, 5.41) is 2.90. The first-order chi connectivity index (χ1) is 16.8. The van der Waals surface area contributed by atoms with Crippen LogP contribution in [0.4, 0.5) is 0 Å². The van der Waals surface area contributed by atoms with Crippen LogP contribution in [-0.2, 0) is 26.0 Å². The zero-order chi connectivity index (χ0) is 25.4. The summed E-state index contributed by atoms with van der Waals surface area (Å²) < 4.78 is 26.5. The molecule has 0 fully saturated rings. The van der Waals surface area contributed by atoms with Gasteiger partial charge in [-0.2, -0.15) is 0 Å². The van der Waals surface area contributed by atoms with E-state index in [2.05, 4.69) is 5.32 Å². The Kier molecular flexibility index (Phi) is 9.03. The van der Waals surface area contributed by atoms with Crippen molar-refractivity contribution in [1.82, 2.24) is 14.5 Å². The molecule has 3 amide bonds. The molecule has 1 heterocycles. The van der Waals surface area contributed by atoms with Crippen LogP contribution in [0.15, 0.2) is 59.5 Å². The van der Waals surface area contributed by atoms with Crippen LogP contribution >= 0.6 is 0 Å². The zero-order valence-electron chi connectivity index (χ0n) is 20.3. The second-order valence-corrected chi connectivity index (χ2v) is 10.4. The summed E-state index contributed by atoms with van der Waals surface area (Å²) in [6.07, 6.45) is 2.55. The first kappa shape index (κ1) is 26.4. The second-order valence-electron chi connectivity index (χ2n) is 8.52. The number of hydrogen-bond acceptors (Lipinski definition) is 5. The number of nitrogens with one attached hydrogen (secondary N) is 1. The van der Waals surface area contributed by atoms with Crippen molar-refractivity contribution in [3.8, 4) is 0 Å². The first-order valence-electron chi connectivity index (χ1n) is 12.1.